The summed E-state index contributed by atoms with van der Waals surface area (Å²) in [6, 6.07) is 13.5. The molecule has 1 heterocycles. The average molecular weight is 402 g/mol. The second kappa shape index (κ2) is 9.92. The van der Waals surface area contributed by atoms with Crippen molar-refractivity contribution in [1.29, 1.82) is 0 Å². The molecule has 0 aliphatic carbocycles. The van der Waals surface area contributed by atoms with E-state index in [-0.39, 0.29) is 5.91 Å². The van der Waals surface area contributed by atoms with Crippen molar-refractivity contribution in [3.05, 3.63) is 58.6 Å². The molecule has 5 nitrogen and oxygen atoms in total. The summed E-state index contributed by atoms with van der Waals surface area (Å²) in [4.78, 5) is 17.0. The number of nitrogens with one attached hydrogen (secondary N) is 1. The van der Waals surface area contributed by atoms with E-state index in [0.717, 1.165) is 55.3 Å². The van der Waals surface area contributed by atoms with Crippen LogP contribution in [0.1, 0.15) is 11.1 Å². The van der Waals surface area contributed by atoms with Gasteiger partial charge in [-0.3, -0.25) is 14.6 Å². The maximum Gasteiger partial charge on any atom is 0.238 e. The highest BCUT2D eigenvalue weighted by molar-refractivity contribution is 6.30. The van der Waals surface area contributed by atoms with Gasteiger partial charge in [-0.1, -0.05) is 29.8 Å². The lowest BCUT2D eigenvalue weighted by Gasteiger charge is -2.34. The number of carbonyl (C=O) groups is 1. The molecule has 0 aromatic heterocycles. The number of aryl methyl sites for hydroxylation is 2. The molecule has 150 valence electrons. The molecule has 0 unspecified atom stereocenters. The van der Waals surface area contributed by atoms with Crippen LogP contribution in [0.4, 0.5) is 5.69 Å². The van der Waals surface area contributed by atoms with Crippen LogP contribution in [0.15, 0.2) is 42.5 Å². The van der Waals surface area contributed by atoms with E-state index in [4.69, 9.17) is 16.3 Å². The first-order chi connectivity index (χ1) is 13.5. The minimum atomic E-state index is 0.0527. The highest BCUT2D eigenvalue weighted by Crippen LogP contribution is 2.19. The number of rotatable bonds is 7. The van der Waals surface area contributed by atoms with Crippen molar-refractivity contribution >= 4 is 23.2 Å². The summed E-state index contributed by atoms with van der Waals surface area (Å²) in [5, 5.41) is 3.78. The lowest BCUT2D eigenvalue weighted by Crippen LogP contribution is -2.49. The van der Waals surface area contributed by atoms with Gasteiger partial charge in [0, 0.05) is 43.4 Å². The summed E-state index contributed by atoms with van der Waals surface area (Å²) in [6.45, 7) is 9.67. The van der Waals surface area contributed by atoms with Gasteiger partial charge >= 0.3 is 0 Å². The Hall–Kier alpha value is -2.08. The van der Waals surface area contributed by atoms with Crippen molar-refractivity contribution in [3.8, 4) is 5.75 Å². The highest BCUT2D eigenvalue weighted by Gasteiger charge is 2.19. The van der Waals surface area contributed by atoms with Gasteiger partial charge < -0.3 is 10.1 Å². The Morgan fingerprint density at radius 3 is 2.25 bits per heavy atom. The van der Waals surface area contributed by atoms with Crippen molar-refractivity contribution < 1.29 is 9.53 Å². The molecular formula is C22H28ClN3O2. The van der Waals surface area contributed by atoms with Gasteiger partial charge in [0.2, 0.25) is 5.91 Å². The van der Waals surface area contributed by atoms with E-state index in [1.165, 1.54) is 0 Å². The standard InChI is InChI=1S/C22H28ClN3O2/c1-17-4-3-5-18(2)22(17)24-21(27)16-26-12-10-25(11-13-26)14-15-28-20-8-6-19(23)7-9-20/h3-9H,10-16H2,1-2H3,(H,24,27). The first-order valence-electron chi connectivity index (χ1n) is 9.70. The molecule has 0 saturated carbocycles. The average Bonchev–Trinajstić information content (AvgIpc) is 2.68. The minimum absolute atomic E-state index is 0.0527. The number of hydrogen-bond donors (Lipinski definition) is 1. The molecule has 2 aromatic rings. The number of piperazine rings is 1. The number of ether oxygens (including phenoxy) is 1. The molecule has 2 aromatic carbocycles. The Kier molecular flexibility index (Phi) is 7.31. The van der Waals surface area contributed by atoms with Crippen LogP contribution in [0, 0.1) is 13.8 Å². The third-order valence-corrected chi connectivity index (χ3v) is 5.32. The van der Waals surface area contributed by atoms with Crippen LogP contribution in [0.5, 0.6) is 5.75 Å². The van der Waals surface area contributed by atoms with Crippen molar-refractivity contribution in [2.24, 2.45) is 0 Å². The third-order valence-electron chi connectivity index (χ3n) is 5.07. The predicted molar refractivity (Wildman–Crippen MR) is 114 cm³/mol. The van der Waals surface area contributed by atoms with E-state index >= 15 is 0 Å². The molecule has 3 rings (SSSR count). The van der Waals surface area contributed by atoms with E-state index < -0.39 is 0 Å². The van der Waals surface area contributed by atoms with Gasteiger partial charge in [-0.05, 0) is 49.2 Å². The normalized spacial score (nSPS) is 15.4. The quantitative estimate of drug-likeness (QED) is 0.770. The fourth-order valence-electron chi connectivity index (χ4n) is 3.39. The Balaban J connectivity index is 1.36. The molecule has 1 saturated heterocycles. The predicted octanol–water partition coefficient (Wildman–Crippen LogP) is 3.59. The van der Waals surface area contributed by atoms with Gasteiger partial charge in [-0.15, -0.1) is 0 Å². The van der Waals surface area contributed by atoms with Crippen molar-refractivity contribution in [2.75, 3.05) is 51.2 Å². The second-order valence-corrected chi connectivity index (χ2v) is 7.67. The minimum Gasteiger partial charge on any atom is -0.492 e. The number of benzene rings is 2. The molecule has 0 atom stereocenters. The van der Waals surface area contributed by atoms with Gasteiger partial charge in [-0.25, -0.2) is 0 Å². The Bertz CT molecular complexity index is 767. The summed E-state index contributed by atoms with van der Waals surface area (Å²) in [6.07, 6.45) is 0. The molecule has 0 bridgehead atoms. The summed E-state index contributed by atoms with van der Waals surface area (Å²) in [7, 11) is 0. The summed E-state index contributed by atoms with van der Waals surface area (Å²) >= 11 is 5.88. The number of anilines is 1. The molecule has 0 spiro atoms. The van der Waals surface area contributed by atoms with E-state index in [0.29, 0.717) is 18.2 Å². The molecule has 0 radical (unpaired) electrons. The van der Waals surface area contributed by atoms with Crippen LogP contribution in [0.25, 0.3) is 0 Å². The SMILES string of the molecule is Cc1cccc(C)c1NC(=O)CN1CCN(CCOc2ccc(Cl)cc2)CC1. The van der Waals surface area contributed by atoms with Gasteiger partial charge in [0.05, 0.1) is 6.54 Å². The Morgan fingerprint density at radius 1 is 1.00 bits per heavy atom. The van der Waals surface area contributed by atoms with Crippen LogP contribution in [-0.2, 0) is 4.79 Å². The number of nitrogens with zero attached hydrogens (tertiary/aromatic N) is 2. The second-order valence-electron chi connectivity index (χ2n) is 7.24. The monoisotopic (exact) mass is 401 g/mol. The lowest BCUT2D eigenvalue weighted by molar-refractivity contribution is -0.117. The smallest absolute Gasteiger partial charge is 0.238 e. The Labute approximate surface area is 172 Å². The van der Waals surface area contributed by atoms with Crippen LogP contribution < -0.4 is 10.1 Å². The molecule has 1 aliphatic rings. The van der Waals surface area contributed by atoms with Gasteiger partial charge in [0.1, 0.15) is 12.4 Å². The number of carbonyl (C=O) groups excluding carboxylic acids is 1. The molecule has 1 N–H and O–H groups in total. The van der Waals surface area contributed by atoms with Gasteiger partial charge in [-0.2, -0.15) is 0 Å². The summed E-state index contributed by atoms with van der Waals surface area (Å²) in [5.41, 5.74) is 3.13. The molecular weight excluding hydrogens is 374 g/mol. The highest BCUT2D eigenvalue weighted by atomic mass is 35.5. The first-order valence-corrected chi connectivity index (χ1v) is 10.1. The third kappa shape index (κ3) is 5.96. The lowest BCUT2D eigenvalue weighted by atomic mass is 10.1. The molecule has 1 aliphatic heterocycles. The van der Waals surface area contributed by atoms with Crippen LogP contribution in [0.3, 0.4) is 0 Å². The number of para-hydroxylation sites is 1. The zero-order valence-electron chi connectivity index (χ0n) is 16.6. The van der Waals surface area contributed by atoms with E-state index in [1.807, 2.05) is 56.3 Å². The van der Waals surface area contributed by atoms with E-state index in [9.17, 15) is 4.79 Å². The van der Waals surface area contributed by atoms with Gasteiger partial charge in [0.15, 0.2) is 0 Å². The fourth-order valence-corrected chi connectivity index (χ4v) is 3.51. The van der Waals surface area contributed by atoms with Crippen molar-refractivity contribution in [2.45, 2.75) is 13.8 Å². The largest absolute Gasteiger partial charge is 0.492 e. The molecule has 1 fully saturated rings. The zero-order chi connectivity index (χ0) is 19.9. The number of halogens is 1. The van der Waals surface area contributed by atoms with Crippen LogP contribution >= 0.6 is 11.6 Å². The van der Waals surface area contributed by atoms with Crippen molar-refractivity contribution in [1.82, 2.24) is 9.80 Å². The topological polar surface area (TPSA) is 44.8 Å². The molecule has 28 heavy (non-hydrogen) atoms. The fraction of sp³-hybridized carbons (Fsp3) is 0.409. The van der Waals surface area contributed by atoms with Crippen molar-refractivity contribution in [3.63, 3.8) is 0 Å². The summed E-state index contributed by atoms with van der Waals surface area (Å²) in [5.74, 6) is 0.892. The molecule has 1 amide bonds. The maximum absolute atomic E-state index is 12.4. The Morgan fingerprint density at radius 2 is 1.61 bits per heavy atom. The number of hydrogen-bond acceptors (Lipinski definition) is 4. The van der Waals surface area contributed by atoms with Gasteiger partial charge in [0.25, 0.3) is 0 Å². The van der Waals surface area contributed by atoms with Crippen LogP contribution in [-0.4, -0.2) is 61.6 Å². The molecule has 6 heteroatoms. The van der Waals surface area contributed by atoms with E-state index in [2.05, 4.69) is 15.1 Å². The zero-order valence-corrected chi connectivity index (χ0v) is 17.3. The van der Waals surface area contributed by atoms with E-state index in [1.54, 1.807) is 0 Å². The first kappa shape index (κ1) is 20.6. The number of amides is 1. The maximum atomic E-state index is 12.4. The summed E-state index contributed by atoms with van der Waals surface area (Å²) < 4.78 is 5.77. The van der Waals surface area contributed by atoms with Crippen LogP contribution in [0.2, 0.25) is 5.02 Å².